The van der Waals surface area contributed by atoms with Gasteiger partial charge in [0, 0.05) is 36.0 Å². The van der Waals surface area contributed by atoms with Crippen molar-refractivity contribution < 1.29 is 22.6 Å². The molecule has 188 valence electrons. The zero-order valence-corrected chi connectivity index (χ0v) is 19.7. The third-order valence-corrected chi connectivity index (χ3v) is 5.56. The van der Waals surface area contributed by atoms with Crippen LogP contribution in [0.2, 0.25) is 0 Å². The van der Waals surface area contributed by atoms with Crippen molar-refractivity contribution in [2.45, 2.75) is 18.8 Å². The average molecular weight is 499 g/mol. The molecular weight excluding hydrogens is 475 g/mol. The Hall–Kier alpha value is -4.12. The number of hydrogen-bond acceptors (Lipinski definition) is 7. The number of alkyl halides is 3. The van der Waals surface area contributed by atoms with Gasteiger partial charge in [0.25, 0.3) is 5.56 Å². The summed E-state index contributed by atoms with van der Waals surface area (Å²) in [6.07, 6.45) is 6.63. The van der Waals surface area contributed by atoms with Gasteiger partial charge in [-0.05, 0) is 42.9 Å². The first kappa shape index (κ1) is 25.0. The highest BCUT2D eigenvalue weighted by molar-refractivity contribution is 6.13. The van der Waals surface area contributed by atoms with E-state index >= 15 is 0 Å². The molecule has 1 aliphatic heterocycles. The predicted octanol–water partition coefficient (Wildman–Crippen LogP) is 4.05. The molecule has 0 amide bonds. The number of rotatable bonds is 6. The molecule has 3 heterocycles. The molecule has 36 heavy (non-hydrogen) atoms. The second-order valence-electron chi connectivity index (χ2n) is 8.27. The van der Waals surface area contributed by atoms with Crippen molar-refractivity contribution in [3.8, 4) is 11.6 Å². The topological polar surface area (TPSA) is 101 Å². The minimum absolute atomic E-state index is 0.252. The predicted molar refractivity (Wildman–Crippen MR) is 131 cm³/mol. The van der Waals surface area contributed by atoms with Crippen LogP contribution in [0.3, 0.4) is 0 Å². The summed E-state index contributed by atoms with van der Waals surface area (Å²) in [6, 6.07) is 4.85. The first-order valence-corrected chi connectivity index (χ1v) is 10.9. The smallest absolute Gasteiger partial charge is 0.411 e. The number of nitrogens with one attached hydrogen (secondary N) is 3. The van der Waals surface area contributed by atoms with E-state index in [1.807, 2.05) is 0 Å². The van der Waals surface area contributed by atoms with E-state index in [-0.39, 0.29) is 11.5 Å². The maximum absolute atomic E-state index is 13.8. The monoisotopic (exact) mass is 499 g/mol. The maximum atomic E-state index is 13.8. The molecule has 0 radical (unpaired) electrons. The molecule has 4 rings (SSSR count). The van der Waals surface area contributed by atoms with E-state index in [9.17, 15) is 18.0 Å². The number of anilines is 1. The Balaban J connectivity index is 1.88. The molecule has 0 saturated carbocycles. The molecule has 3 N–H and O–H groups in total. The molecule has 0 fully saturated rings. The van der Waals surface area contributed by atoms with Crippen molar-refractivity contribution in [1.29, 1.82) is 5.41 Å². The number of halogens is 3. The third-order valence-electron chi connectivity index (χ3n) is 5.56. The summed E-state index contributed by atoms with van der Waals surface area (Å²) >= 11 is 0. The van der Waals surface area contributed by atoms with E-state index in [2.05, 4.69) is 15.6 Å². The summed E-state index contributed by atoms with van der Waals surface area (Å²) in [5, 5.41) is 13.9. The number of fused-ring (bicyclic) bond motifs is 1. The first-order valence-electron chi connectivity index (χ1n) is 10.9. The lowest BCUT2D eigenvalue weighted by molar-refractivity contribution is -0.191. The molecule has 2 aromatic heterocycles. The Morgan fingerprint density at radius 1 is 1.28 bits per heavy atom. The fourth-order valence-corrected chi connectivity index (χ4v) is 3.82. The number of allylic oxidation sites excluding steroid dienone is 5. The molecule has 2 aliphatic rings. The van der Waals surface area contributed by atoms with Gasteiger partial charge in [-0.3, -0.25) is 9.36 Å². The van der Waals surface area contributed by atoms with Crippen LogP contribution >= 0.6 is 0 Å². The Morgan fingerprint density at radius 3 is 2.69 bits per heavy atom. The molecule has 0 bridgehead atoms. The normalized spacial score (nSPS) is 20.1. The number of pyridine rings is 2. The molecule has 8 nitrogen and oxygen atoms in total. The fraction of sp³-hybridized carbons (Fsp3) is 0.240. The van der Waals surface area contributed by atoms with Gasteiger partial charge in [-0.1, -0.05) is 12.2 Å². The first-order chi connectivity index (χ1) is 17.0. The van der Waals surface area contributed by atoms with Gasteiger partial charge in [-0.15, -0.1) is 0 Å². The van der Waals surface area contributed by atoms with Crippen LogP contribution in [0, 0.1) is 5.41 Å². The molecule has 0 unspecified atom stereocenters. The van der Waals surface area contributed by atoms with Crippen molar-refractivity contribution in [3.63, 3.8) is 0 Å². The summed E-state index contributed by atoms with van der Waals surface area (Å²) in [6.45, 7) is -0.0210. The largest absolute Gasteiger partial charge is 0.481 e. The van der Waals surface area contributed by atoms with Gasteiger partial charge in [0.1, 0.15) is 12.4 Å². The summed E-state index contributed by atoms with van der Waals surface area (Å²) in [7, 11) is 3.17. The Labute approximate surface area is 205 Å². The summed E-state index contributed by atoms with van der Waals surface area (Å²) < 4.78 is 50.1. The van der Waals surface area contributed by atoms with Gasteiger partial charge in [-0.2, -0.15) is 13.2 Å². The summed E-state index contributed by atoms with van der Waals surface area (Å²) in [5.74, 6) is 0.586. The van der Waals surface area contributed by atoms with E-state index in [4.69, 9.17) is 14.9 Å². The third kappa shape index (κ3) is 5.10. The molecule has 1 atom stereocenters. The van der Waals surface area contributed by atoms with Gasteiger partial charge < -0.3 is 25.5 Å². The fourth-order valence-electron chi connectivity index (χ4n) is 3.82. The van der Waals surface area contributed by atoms with Crippen LogP contribution < -0.4 is 20.9 Å². The van der Waals surface area contributed by atoms with Crippen LogP contribution in [0.4, 0.5) is 19.0 Å². The van der Waals surface area contributed by atoms with Crippen molar-refractivity contribution in [2.24, 2.45) is 0 Å². The standard InChI is InChI=1S/C25H24F3N5O3/c1-24(36-14-25(26,27)28)9-8-16-11-19(15-4-6-20(29)17(10-15)12-30-2)23(34)33(22(16)32-24)18-5-7-21(35-3)31-13-18/h4-13,29-30,32H,14H2,1-3H3/b17-12-,29-20?/t24-/m0/s1. The molecule has 2 aromatic rings. The van der Waals surface area contributed by atoms with Crippen molar-refractivity contribution in [1.82, 2.24) is 14.9 Å². The lowest BCUT2D eigenvalue weighted by Crippen LogP contribution is -2.42. The highest BCUT2D eigenvalue weighted by Gasteiger charge is 2.35. The van der Waals surface area contributed by atoms with Gasteiger partial charge in [-0.25, -0.2) is 4.98 Å². The maximum Gasteiger partial charge on any atom is 0.411 e. The molecule has 11 heteroatoms. The Morgan fingerprint density at radius 2 is 2.06 bits per heavy atom. The second kappa shape index (κ2) is 9.50. The molecular formula is C25H24F3N5O3. The van der Waals surface area contributed by atoms with E-state index in [0.29, 0.717) is 33.8 Å². The van der Waals surface area contributed by atoms with E-state index < -0.39 is 24.1 Å². The molecule has 1 aliphatic carbocycles. The highest BCUT2D eigenvalue weighted by atomic mass is 19.4. The molecule has 0 saturated heterocycles. The average Bonchev–Trinajstić information content (AvgIpc) is 2.84. The van der Waals surface area contributed by atoms with Crippen LogP contribution in [-0.2, 0) is 4.74 Å². The minimum atomic E-state index is -4.52. The lowest BCUT2D eigenvalue weighted by atomic mass is 9.94. The van der Waals surface area contributed by atoms with Crippen LogP contribution in [0.5, 0.6) is 5.88 Å². The van der Waals surface area contributed by atoms with Crippen molar-refractivity contribution >= 4 is 23.2 Å². The van der Waals surface area contributed by atoms with E-state index in [1.165, 1.54) is 30.9 Å². The zero-order valence-electron chi connectivity index (χ0n) is 19.7. The number of nitrogens with zero attached hydrogens (tertiary/aromatic N) is 2. The number of aromatic nitrogens is 2. The summed E-state index contributed by atoms with van der Waals surface area (Å²) in [5.41, 5.74) is 0.764. The lowest BCUT2D eigenvalue weighted by Gasteiger charge is -2.34. The highest BCUT2D eigenvalue weighted by Crippen LogP contribution is 2.33. The Kier molecular flexibility index (Phi) is 6.59. The number of hydrogen-bond donors (Lipinski definition) is 3. The molecule has 0 aromatic carbocycles. The van der Waals surface area contributed by atoms with Gasteiger partial charge in [0.2, 0.25) is 5.88 Å². The van der Waals surface area contributed by atoms with Gasteiger partial charge >= 0.3 is 6.18 Å². The van der Waals surface area contributed by atoms with Crippen LogP contribution in [0.15, 0.2) is 65.3 Å². The number of ether oxygens (including phenoxy) is 2. The Bertz CT molecular complexity index is 1370. The van der Waals surface area contributed by atoms with Crippen LogP contribution in [-0.4, -0.2) is 47.9 Å². The quantitative estimate of drug-likeness (QED) is 0.555. The van der Waals surface area contributed by atoms with Crippen molar-refractivity contribution in [3.05, 3.63) is 82.0 Å². The SMILES string of the molecule is CN/C=C1/C=C(c2cc3c(n(-c4ccc(OC)nc4)c2=O)N[C@@](C)(OCC(F)(F)F)C=C3)C=CC1=N. The van der Waals surface area contributed by atoms with Gasteiger partial charge in [0.05, 0.1) is 24.7 Å². The van der Waals surface area contributed by atoms with Crippen LogP contribution in [0.1, 0.15) is 18.1 Å². The van der Waals surface area contributed by atoms with E-state index in [1.54, 1.807) is 55.8 Å². The molecule has 0 spiro atoms. The number of methoxy groups -OCH3 is 1. The zero-order chi connectivity index (χ0) is 26.1. The second-order valence-corrected chi connectivity index (χ2v) is 8.27. The summed E-state index contributed by atoms with van der Waals surface area (Å²) in [4.78, 5) is 18.0. The van der Waals surface area contributed by atoms with Crippen molar-refractivity contribution in [2.75, 3.05) is 26.1 Å². The van der Waals surface area contributed by atoms with E-state index in [0.717, 1.165) is 0 Å². The van der Waals surface area contributed by atoms with Crippen LogP contribution in [0.25, 0.3) is 17.3 Å². The van der Waals surface area contributed by atoms with Gasteiger partial charge in [0.15, 0.2) is 5.72 Å². The minimum Gasteiger partial charge on any atom is -0.481 e.